The van der Waals surface area contributed by atoms with E-state index in [1.165, 1.54) is 0 Å². The third-order valence-corrected chi connectivity index (χ3v) is 3.33. The molecular weight excluding hydrogens is 214 g/mol. The van der Waals surface area contributed by atoms with Gasteiger partial charge < -0.3 is 5.73 Å². The van der Waals surface area contributed by atoms with Gasteiger partial charge in [-0.05, 0) is 20.3 Å². The fourth-order valence-electron chi connectivity index (χ4n) is 2.63. The first-order valence-corrected chi connectivity index (χ1v) is 6.44. The molecule has 0 unspecified atom stereocenters. The van der Waals surface area contributed by atoms with Crippen molar-refractivity contribution in [3.05, 3.63) is 12.2 Å². The molecule has 0 amide bonds. The molecule has 1 fully saturated rings. The molecule has 2 heterocycles. The minimum absolute atomic E-state index is 0.0391. The lowest BCUT2D eigenvalue weighted by Gasteiger charge is -2.47. The second kappa shape index (κ2) is 4.74. The van der Waals surface area contributed by atoms with Gasteiger partial charge in [-0.3, -0.25) is 4.90 Å². The van der Waals surface area contributed by atoms with Crippen LogP contribution in [0.15, 0.2) is 6.33 Å². The summed E-state index contributed by atoms with van der Waals surface area (Å²) in [7, 11) is 0. The van der Waals surface area contributed by atoms with E-state index in [1.54, 1.807) is 6.33 Å². The molecule has 17 heavy (non-hydrogen) atoms. The molecule has 5 nitrogen and oxygen atoms in total. The summed E-state index contributed by atoms with van der Waals surface area (Å²) in [5, 5.41) is 4.25. The molecule has 1 saturated heterocycles. The van der Waals surface area contributed by atoms with Crippen molar-refractivity contribution in [2.45, 2.75) is 51.7 Å². The molecule has 96 valence electrons. The highest BCUT2D eigenvalue weighted by Gasteiger charge is 2.38. The van der Waals surface area contributed by atoms with E-state index in [1.807, 2.05) is 4.68 Å². The summed E-state index contributed by atoms with van der Waals surface area (Å²) in [5.41, 5.74) is 6.29. The number of likely N-dealkylation sites (tertiary alicyclic amines) is 1. The van der Waals surface area contributed by atoms with Gasteiger partial charge in [0.15, 0.2) is 0 Å². The quantitative estimate of drug-likeness (QED) is 0.835. The minimum atomic E-state index is 0.0391. The molecule has 1 aromatic heterocycles. The zero-order chi connectivity index (χ0) is 12.5. The van der Waals surface area contributed by atoms with Gasteiger partial charge in [0.1, 0.15) is 12.2 Å². The topological polar surface area (TPSA) is 60.0 Å². The van der Waals surface area contributed by atoms with Gasteiger partial charge in [-0.1, -0.05) is 13.3 Å². The van der Waals surface area contributed by atoms with Crippen molar-refractivity contribution in [3.63, 3.8) is 0 Å². The van der Waals surface area contributed by atoms with Crippen LogP contribution < -0.4 is 5.73 Å². The Hall–Kier alpha value is -0.940. The summed E-state index contributed by atoms with van der Waals surface area (Å²) < 4.78 is 1.98. The predicted octanol–water partition coefficient (Wildman–Crippen LogP) is 1.17. The van der Waals surface area contributed by atoms with E-state index in [0.29, 0.717) is 6.04 Å². The molecule has 0 aliphatic carbocycles. The summed E-state index contributed by atoms with van der Waals surface area (Å²) in [6.07, 6.45) is 3.91. The van der Waals surface area contributed by atoms with Gasteiger partial charge in [0.05, 0.1) is 6.54 Å². The van der Waals surface area contributed by atoms with Crippen LogP contribution in [0.5, 0.6) is 0 Å². The number of nitrogens with two attached hydrogens (primary N) is 1. The van der Waals surface area contributed by atoms with Crippen molar-refractivity contribution >= 4 is 0 Å². The van der Waals surface area contributed by atoms with Crippen molar-refractivity contribution < 1.29 is 0 Å². The summed E-state index contributed by atoms with van der Waals surface area (Å²) >= 11 is 0. The van der Waals surface area contributed by atoms with Gasteiger partial charge in [0.25, 0.3) is 0 Å². The van der Waals surface area contributed by atoms with Crippen LogP contribution in [0.25, 0.3) is 0 Å². The van der Waals surface area contributed by atoms with Gasteiger partial charge in [-0.15, -0.1) is 0 Å². The zero-order valence-electron chi connectivity index (χ0n) is 11.1. The molecule has 5 heteroatoms. The van der Waals surface area contributed by atoms with Crippen LogP contribution >= 0.6 is 0 Å². The van der Waals surface area contributed by atoms with Gasteiger partial charge in [-0.2, -0.15) is 5.10 Å². The number of hydrogen-bond acceptors (Lipinski definition) is 4. The maximum Gasteiger partial charge on any atom is 0.141 e. The molecule has 0 spiro atoms. The van der Waals surface area contributed by atoms with Gasteiger partial charge in [0, 0.05) is 24.7 Å². The van der Waals surface area contributed by atoms with Crippen LogP contribution in [0.2, 0.25) is 0 Å². The Morgan fingerprint density at radius 3 is 2.76 bits per heavy atom. The number of hydrogen-bond donors (Lipinski definition) is 1. The Morgan fingerprint density at radius 2 is 2.18 bits per heavy atom. The van der Waals surface area contributed by atoms with E-state index in [2.05, 4.69) is 35.8 Å². The van der Waals surface area contributed by atoms with Crippen molar-refractivity contribution in [1.82, 2.24) is 19.7 Å². The Bertz CT molecular complexity index is 365. The summed E-state index contributed by atoms with van der Waals surface area (Å²) in [6, 6.07) is 0.368. The normalized spacial score (nSPS) is 19.6. The van der Waals surface area contributed by atoms with Crippen LogP contribution in [-0.4, -0.2) is 38.3 Å². The van der Waals surface area contributed by atoms with Crippen molar-refractivity contribution in [3.8, 4) is 0 Å². The average molecular weight is 237 g/mol. The van der Waals surface area contributed by atoms with E-state index in [-0.39, 0.29) is 5.54 Å². The van der Waals surface area contributed by atoms with E-state index < -0.39 is 0 Å². The predicted molar refractivity (Wildman–Crippen MR) is 67.5 cm³/mol. The van der Waals surface area contributed by atoms with E-state index in [4.69, 9.17) is 5.73 Å². The molecule has 1 aliphatic rings. The molecule has 2 N–H and O–H groups in total. The van der Waals surface area contributed by atoms with Gasteiger partial charge in [0.2, 0.25) is 0 Å². The third kappa shape index (κ3) is 2.66. The number of rotatable bonds is 5. The van der Waals surface area contributed by atoms with Crippen LogP contribution in [0.4, 0.5) is 0 Å². The average Bonchev–Trinajstić information content (AvgIpc) is 2.64. The van der Waals surface area contributed by atoms with Crippen LogP contribution in [0, 0.1) is 0 Å². The Kier molecular flexibility index (Phi) is 3.49. The summed E-state index contributed by atoms with van der Waals surface area (Å²) in [4.78, 5) is 6.67. The molecule has 0 radical (unpaired) electrons. The van der Waals surface area contributed by atoms with E-state index in [9.17, 15) is 0 Å². The second-order valence-electron chi connectivity index (χ2n) is 5.47. The molecule has 1 aromatic rings. The Balaban J connectivity index is 1.89. The first-order chi connectivity index (χ1) is 8.04. The lowest BCUT2D eigenvalue weighted by atomic mass is 9.86. The number of nitrogens with zero attached hydrogens (tertiary/aromatic N) is 4. The lowest BCUT2D eigenvalue weighted by Crippen LogP contribution is -2.66. The van der Waals surface area contributed by atoms with Gasteiger partial charge >= 0.3 is 0 Å². The monoisotopic (exact) mass is 237 g/mol. The van der Waals surface area contributed by atoms with E-state index in [0.717, 1.165) is 38.3 Å². The highest BCUT2D eigenvalue weighted by molar-refractivity contribution is 5.01. The van der Waals surface area contributed by atoms with Crippen LogP contribution in [0.1, 0.15) is 45.5 Å². The highest BCUT2D eigenvalue weighted by atomic mass is 15.4. The summed E-state index contributed by atoms with van der Waals surface area (Å²) in [5.74, 6) is 1.04. The first-order valence-electron chi connectivity index (χ1n) is 6.44. The maximum atomic E-state index is 6.25. The third-order valence-electron chi connectivity index (χ3n) is 3.33. The largest absolute Gasteiger partial charge is 0.323 e. The fourth-order valence-corrected chi connectivity index (χ4v) is 2.63. The van der Waals surface area contributed by atoms with Crippen molar-refractivity contribution in [1.29, 1.82) is 0 Å². The molecule has 0 aromatic carbocycles. The Labute approximate surface area is 103 Å². The molecular formula is C12H23N5. The maximum absolute atomic E-state index is 6.25. The SMILES string of the molecule is CCCC1(N)CN(Cc2ncnn2C(C)C)C1. The second-order valence-corrected chi connectivity index (χ2v) is 5.47. The number of aromatic nitrogens is 3. The standard InChI is InChI=1S/C12H23N5/c1-4-5-12(13)7-16(8-12)6-11-14-9-15-17(11)10(2)3/h9-10H,4-8,13H2,1-3H3. The fraction of sp³-hybridized carbons (Fsp3) is 0.833. The van der Waals surface area contributed by atoms with Gasteiger partial charge in [-0.25, -0.2) is 9.67 Å². The zero-order valence-corrected chi connectivity index (χ0v) is 11.1. The molecule has 1 aliphatic heterocycles. The molecule has 0 bridgehead atoms. The minimum Gasteiger partial charge on any atom is -0.323 e. The van der Waals surface area contributed by atoms with Crippen molar-refractivity contribution in [2.75, 3.05) is 13.1 Å². The summed E-state index contributed by atoms with van der Waals surface area (Å²) in [6.45, 7) is 9.25. The van der Waals surface area contributed by atoms with Crippen molar-refractivity contribution in [2.24, 2.45) is 5.73 Å². The molecule has 0 saturated carbocycles. The first kappa shape index (κ1) is 12.5. The highest BCUT2D eigenvalue weighted by Crippen LogP contribution is 2.24. The van der Waals surface area contributed by atoms with Crippen LogP contribution in [-0.2, 0) is 6.54 Å². The molecule has 2 rings (SSSR count). The van der Waals surface area contributed by atoms with Crippen LogP contribution in [0.3, 0.4) is 0 Å². The smallest absolute Gasteiger partial charge is 0.141 e. The lowest BCUT2D eigenvalue weighted by molar-refractivity contribution is 0.0527. The Morgan fingerprint density at radius 1 is 1.47 bits per heavy atom. The van der Waals surface area contributed by atoms with E-state index >= 15 is 0 Å². The molecule has 0 atom stereocenters.